The Kier molecular flexibility index (Phi) is 7.40. The monoisotopic (exact) mass is 403 g/mol. The summed E-state index contributed by atoms with van der Waals surface area (Å²) in [7, 11) is 1.41. The number of benzene rings is 2. The SMILES string of the molecule is CCCNC(=O)c1ccccc1NC(=O)c1cc(Cl)c(NC(C)=O)cc1OC. The van der Waals surface area contributed by atoms with Gasteiger partial charge in [-0.3, -0.25) is 14.4 Å². The molecule has 0 saturated carbocycles. The normalized spacial score (nSPS) is 10.1. The van der Waals surface area contributed by atoms with E-state index in [1.165, 1.54) is 26.2 Å². The van der Waals surface area contributed by atoms with Crippen molar-refractivity contribution in [1.29, 1.82) is 0 Å². The van der Waals surface area contributed by atoms with Crippen LogP contribution in [0.3, 0.4) is 0 Å². The third kappa shape index (κ3) is 5.23. The quantitative estimate of drug-likeness (QED) is 0.656. The topological polar surface area (TPSA) is 96.5 Å². The summed E-state index contributed by atoms with van der Waals surface area (Å²) >= 11 is 6.17. The van der Waals surface area contributed by atoms with Gasteiger partial charge in [0.1, 0.15) is 5.75 Å². The zero-order valence-corrected chi connectivity index (χ0v) is 16.6. The van der Waals surface area contributed by atoms with E-state index in [0.717, 1.165) is 6.42 Å². The van der Waals surface area contributed by atoms with Gasteiger partial charge in [-0.25, -0.2) is 0 Å². The molecule has 0 atom stereocenters. The first-order valence-electron chi connectivity index (χ1n) is 8.71. The maximum absolute atomic E-state index is 12.8. The van der Waals surface area contributed by atoms with E-state index in [1.54, 1.807) is 24.3 Å². The number of nitrogens with one attached hydrogen (secondary N) is 3. The zero-order chi connectivity index (χ0) is 20.7. The van der Waals surface area contributed by atoms with Crippen LogP contribution in [0.4, 0.5) is 11.4 Å². The highest BCUT2D eigenvalue weighted by atomic mass is 35.5. The molecule has 0 aromatic heterocycles. The average Bonchev–Trinajstić information content (AvgIpc) is 2.67. The van der Waals surface area contributed by atoms with Gasteiger partial charge in [-0.05, 0) is 24.6 Å². The molecule has 28 heavy (non-hydrogen) atoms. The second-order valence-electron chi connectivity index (χ2n) is 5.97. The Bertz CT molecular complexity index is 899. The fourth-order valence-electron chi connectivity index (χ4n) is 2.50. The minimum absolute atomic E-state index is 0.172. The van der Waals surface area contributed by atoms with Gasteiger partial charge >= 0.3 is 0 Å². The number of carbonyl (C=O) groups excluding carboxylic acids is 3. The largest absolute Gasteiger partial charge is 0.496 e. The summed E-state index contributed by atoms with van der Waals surface area (Å²) in [6, 6.07) is 9.58. The highest BCUT2D eigenvalue weighted by Gasteiger charge is 2.19. The molecule has 0 radical (unpaired) electrons. The van der Waals surface area contributed by atoms with Gasteiger partial charge in [-0.2, -0.15) is 0 Å². The van der Waals surface area contributed by atoms with E-state index in [0.29, 0.717) is 23.5 Å². The number of methoxy groups -OCH3 is 1. The maximum atomic E-state index is 12.8. The van der Waals surface area contributed by atoms with Gasteiger partial charge in [0.05, 0.1) is 34.6 Å². The summed E-state index contributed by atoms with van der Waals surface area (Å²) in [6.45, 7) is 3.84. The van der Waals surface area contributed by atoms with E-state index >= 15 is 0 Å². The number of anilines is 2. The Morgan fingerprint density at radius 3 is 2.36 bits per heavy atom. The van der Waals surface area contributed by atoms with Crippen LogP contribution >= 0.6 is 11.6 Å². The number of carbonyl (C=O) groups is 3. The van der Waals surface area contributed by atoms with Crippen molar-refractivity contribution in [3.8, 4) is 5.75 Å². The molecule has 0 aliphatic rings. The summed E-state index contributed by atoms with van der Waals surface area (Å²) < 4.78 is 5.26. The van der Waals surface area contributed by atoms with Gasteiger partial charge in [-0.15, -0.1) is 0 Å². The molecule has 0 saturated heterocycles. The van der Waals surface area contributed by atoms with Crippen LogP contribution in [0.5, 0.6) is 5.75 Å². The third-order valence-corrected chi connectivity index (χ3v) is 4.11. The summed E-state index contributed by atoms with van der Waals surface area (Å²) in [4.78, 5) is 36.4. The molecule has 3 amide bonds. The minimum Gasteiger partial charge on any atom is -0.496 e. The molecule has 0 fully saturated rings. The van der Waals surface area contributed by atoms with Crippen molar-refractivity contribution >= 4 is 40.7 Å². The number of amides is 3. The lowest BCUT2D eigenvalue weighted by Crippen LogP contribution is -2.26. The Balaban J connectivity index is 2.32. The maximum Gasteiger partial charge on any atom is 0.259 e. The second-order valence-corrected chi connectivity index (χ2v) is 6.38. The summed E-state index contributed by atoms with van der Waals surface area (Å²) in [6.07, 6.45) is 0.802. The molecule has 2 aromatic rings. The van der Waals surface area contributed by atoms with Crippen molar-refractivity contribution < 1.29 is 19.1 Å². The van der Waals surface area contributed by atoms with Crippen molar-refractivity contribution in [2.24, 2.45) is 0 Å². The van der Waals surface area contributed by atoms with E-state index in [2.05, 4.69) is 16.0 Å². The van der Waals surface area contributed by atoms with Crippen molar-refractivity contribution in [3.05, 3.63) is 52.5 Å². The number of para-hydroxylation sites is 1. The van der Waals surface area contributed by atoms with Gasteiger partial charge in [0.2, 0.25) is 5.91 Å². The van der Waals surface area contributed by atoms with Crippen LogP contribution in [0.1, 0.15) is 41.0 Å². The smallest absolute Gasteiger partial charge is 0.259 e. The molecule has 3 N–H and O–H groups in total. The van der Waals surface area contributed by atoms with Crippen LogP contribution in [-0.4, -0.2) is 31.4 Å². The summed E-state index contributed by atoms with van der Waals surface area (Å²) in [5, 5.41) is 8.27. The van der Waals surface area contributed by atoms with Crippen molar-refractivity contribution in [2.45, 2.75) is 20.3 Å². The molecular formula is C20H22ClN3O4. The van der Waals surface area contributed by atoms with Crippen LogP contribution < -0.4 is 20.7 Å². The van der Waals surface area contributed by atoms with E-state index < -0.39 is 5.91 Å². The van der Waals surface area contributed by atoms with Gasteiger partial charge in [0, 0.05) is 19.5 Å². The number of halogens is 1. The van der Waals surface area contributed by atoms with E-state index in [4.69, 9.17) is 16.3 Å². The van der Waals surface area contributed by atoms with Gasteiger partial charge in [0.15, 0.2) is 0 Å². The van der Waals surface area contributed by atoms with Crippen molar-refractivity contribution in [2.75, 3.05) is 24.3 Å². The molecule has 7 nitrogen and oxygen atoms in total. The summed E-state index contributed by atoms with van der Waals surface area (Å²) in [5.74, 6) is -0.834. The molecule has 2 rings (SSSR count). The highest BCUT2D eigenvalue weighted by Crippen LogP contribution is 2.31. The van der Waals surface area contributed by atoms with Crippen molar-refractivity contribution in [3.63, 3.8) is 0 Å². The Morgan fingerprint density at radius 1 is 1.00 bits per heavy atom. The van der Waals surface area contributed by atoms with Gasteiger partial charge < -0.3 is 20.7 Å². The molecule has 2 aromatic carbocycles. The van der Waals surface area contributed by atoms with E-state index in [9.17, 15) is 14.4 Å². The van der Waals surface area contributed by atoms with Crippen molar-refractivity contribution in [1.82, 2.24) is 5.32 Å². The molecule has 0 bridgehead atoms. The predicted octanol–water partition coefficient (Wildman–Crippen LogP) is 3.70. The van der Waals surface area contributed by atoms with Crippen LogP contribution in [0.2, 0.25) is 5.02 Å². The van der Waals surface area contributed by atoms with E-state index in [-0.39, 0.29) is 28.1 Å². The first-order valence-corrected chi connectivity index (χ1v) is 9.08. The molecule has 0 spiro atoms. The first kappa shape index (κ1) is 21.2. The lowest BCUT2D eigenvalue weighted by Gasteiger charge is -2.15. The lowest BCUT2D eigenvalue weighted by molar-refractivity contribution is -0.114. The Labute approximate surface area is 168 Å². The first-order chi connectivity index (χ1) is 13.4. The highest BCUT2D eigenvalue weighted by molar-refractivity contribution is 6.34. The van der Waals surface area contributed by atoms with E-state index in [1.807, 2.05) is 6.92 Å². The lowest BCUT2D eigenvalue weighted by atomic mass is 10.1. The zero-order valence-electron chi connectivity index (χ0n) is 15.9. The molecule has 0 heterocycles. The van der Waals surface area contributed by atoms with Crippen LogP contribution in [0.25, 0.3) is 0 Å². The predicted molar refractivity (Wildman–Crippen MR) is 109 cm³/mol. The number of hydrogen-bond acceptors (Lipinski definition) is 4. The standard InChI is InChI=1S/C20H22ClN3O4/c1-4-9-22-19(26)13-7-5-6-8-16(13)24-20(27)14-10-15(21)17(23-12(2)25)11-18(14)28-3/h5-8,10-11H,4,9H2,1-3H3,(H,22,26)(H,23,25)(H,24,27). The molecule has 0 aliphatic heterocycles. The van der Waals surface area contributed by atoms with Crippen LogP contribution in [-0.2, 0) is 4.79 Å². The number of rotatable bonds is 7. The number of hydrogen-bond donors (Lipinski definition) is 3. The molecular weight excluding hydrogens is 382 g/mol. The molecule has 0 aliphatic carbocycles. The average molecular weight is 404 g/mol. The molecule has 148 valence electrons. The fraction of sp³-hybridized carbons (Fsp3) is 0.250. The third-order valence-electron chi connectivity index (χ3n) is 3.80. The second kappa shape index (κ2) is 9.75. The summed E-state index contributed by atoms with van der Waals surface area (Å²) in [5.41, 5.74) is 1.22. The minimum atomic E-state index is -0.496. The van der Waals surface area contributed by atoms with Crippen LogP contribution in [0, 0.1) is 0 Å². The van der Waals surface area contributed by atoms with Gasteiger partial charge in [0.25, 0.3) is 11.8 Å². The fourth-order valence-corrected chi connectivity index (χ4v) is 2.71. The molecule has 0 unspecified atom stereocenters. The van der Waals surface area contributed by atoms with Gasteiger partial charge in [-0.1, -0.05) is 30.7 Å². The Morgan fingerprint density at radius 2 is 1.71 bits per heavy atom. The van der Waals surface area contributed by atoms with Crippen LogP contribution in [0.15, 0.2) is 36.4 Å². The molecule has 8 heteroatoms. The Hall–Kier alpha value is -3.06. The number of ether oxygens (including phenoxy) is 1.